The molecule has 1 aliphatic rings. The van der Waals surface area contributed by atoms with E-state index in [9.17, 15) is 9.59 Å². The van der Waals surface area contributed by atoms with Crippen LogP contribution in [0, 0.1) is 5.92 Å². The zero-order chi connectivity index (χ0) is 13.0. The van der Waals surface area contributed by atoms with Crippen molar-refractivity contribution in [2.45, 2.75) is 26.2 Å². The quantitative estimate of drug-likeness (QED) is 0.907. The number of carbonyl (C=O) groups is 2. The highest BCUT2D eigenvalue weighted by atomic mass is 32.1. The summed E-state index contributed by atoms with van der Waals surface area (Å²) in [5, 5.41) is 5.25. The summed E-state index contributed by atoms with van der Waals surface area (Å²) < 4.78 is 0. The SMILES string of the molecule is CCC(=O)N1CCCC(C(=O)Nc2nccs2)C1. The number of anilines is 1. The van der Waals surface area contributed by atoms with Crippen LogP contribution < -0.4 is 5.32 Å². The predicted molar refractivity (Wildman–Crippen MR) is 70.3 cm³/mol. The fraction of sp³-hybridized carbons (Fsp3) is 0.583. The first-order valence-electron chi connectivity index (χ1n) is 6.19. The Morgan fingerprint density at radius 1 is 1.61 bits per heavy atom. The fourth-order valence-electron chi connectivity index (χ4n) is 2.13. The van der Waals surface area contributed by atoms with Crippen LogP contribution in [0.2, 0.25) is 0 Å². The maximum Gasteiger partial charge on any atom is 0.231 e. The lowest BCUT2D eigenvalue weighted by Gasteiger charge is -2.31. The minimum Gasteiger partial charge on any atom is -0.342 e. The summed E-state index contributed by atoms with van der Waals surface area (Å²) in [6.07, 6.45) is 3.89. The van der Waals surface area contributed by atoms with Crippen LogP contribution in [0.3, 0.4) is 0 Å². The molecule has 0 aliphatic carbocycles. The Bertz CT molecular complexity index is 419. The highest BCUT2D eigenvalue weighted by Gasteiger charge is 2.27. The minimum absolute atomic E-state index is 0.0291. The van der Waals surface area contributed by atoms with Crippen molar-refractivity contribution >= 4 is 28.3 Å². The Kier molecular flexibility index (Phi) is 4.30. The molecule has 0 spiro atoms. The summed E-state index contributed by atoms with van der Waals surface area (Å²) in [6.45, 7) is 3.15. The van der Waals surface area contributed by atoms with Crippen molar-refractivity contribution in [3.8, 4) is 0 Å². The van der Waals surface area contributed by atoms with Gasteiger partial charge >= 0.3 is 0 Å². The maximum absolute atomic E-state index is 12.0. The molecule has 2 amide bonds. The van der Waals surface area contributed by atoms with Crippen molar-refractivity contribution < 1.29 is 9.59 Å². The first-order valence-corrected chi connectivity index (χ1v) is 7.06. The molecule has 2 heterocycles. The molecule has 1 aliphatic heterocycles. The van der Waals surface area contributed by atoms with E-state index in [1.807, 2.05) is 12.3 Å². The molecule has 0 bridgehead atoms. The van der Waals surface area contributed by atoms with Gasteiger partial charge in [-0.25, -0.2) is 4.98 Å². The van der Waals surface area contributed by atoms with Crippen LogP contribution in [0.4, 0.5) is 5.13 Å². The van der Waals surface area contributed by atoms with Crippen LogP contribution in [0.1, 0.15) is 26.2 Å². The number of thiazole rings is 1. The van der Waals surface area contributed by atoms with Gasteiger partial charge in [0.1, 0.15) is 0 Å². The van der Waals surface area contributed by atoms with Gasteiger partial charge in [0.25, 0.3) is 0 Å². The third-order valence-corrected chi connectivity index (χ3v) is 3.80. The normalized spacial score (nSPS) is 19.6. The predicted octanol–water partition coefficient (Wildman–Crippen LogP) is 1.73. The number of carbonyl (C=O) groups excluding carboxylic acids is 2. The summed E-state index contributed by atoms with van der Waals surface area (Å²) in [5.41, 5.74) is 0. The lowest BCUT2D eigenvalue weighted by Crippen LogP contribution is -2.43. The van der Waals surface area contributed by atoms with Crippen LogP contribution in [-0.2, 0) is 9.59 Å². The van der Waals surface area contributed by atoms with Crippen LogP contribution >= 0.6 is 11.3 Å². The van der Waals surface area contributed by atoms with E-state index in [0.717, 1.165) is 19.4 Å². The lowest BCUT2D eigenvalue weighted by atomic mass is 9.97. The van der Waals surface area contributed by atoms with Gasteiger partial charge in [0.2, 0.25) is 11.8 Å². The molecule has 18 heavy (non-hydrogen) atoms. The summed E-state index contributed by atoms with van der Waals surface area (Å²) in [4.78, 5) is 29.5. The van der Waals surface area contributed by atoms with Crippen LogP contribution in [0.15, 0.2) is 11.6 Å². The minimum atomic E-state index is -0.113. The lowest BCUT2D eigenvalue weighted by molar-refractivity contribution is -0.134. The van der Waals surface area contributed by atoms with Gasteiger partial charge in [-0.15, -0.1) is 11.3 Å². The average Bonchev–Trinajstić information content (AvgIpc) is 2.90. The molecule has 1 fully saturated rings. The highest BCUT2D eigenvalue weighted by molar-refractivity contribution is 7.13. The molecular weight excluding hydrogens is 250 g/mol. The van der Waals surface area contributed by atoms with Gasteiger partial charge in [-0.1, -0.05) is 6.92 Å². The molecule has 6 heteroatoms. The van der Waals surface area contributed by atoms with Crippen molar-refractivity contribution in [1.29, 1.82) is 0 Å². The first-order chi connectivity index (χ1) is 8.70. The Labute approximate surface area is 110 Å². The van der Waals surface area contributed by atoms with Crippen molar-refractivity contribution in [2.75, 3.05) is 18.4 Å². The van der Waals surface area contributed by atoms with E-state index in [1.165, 1.54) is 11.3 Å². The van der Waals surface area contributed by atoms with E-state index in [-0.39, 0.29) is 17.7 Å². The van der Waals surface area contributed by atoms with Crippen LogP contribution in [-0.4, -0.2) is 34.8 Å². The molecule has 1 unspecified atom stereocenters. The van der Waals surface area contributed by atoms with Gasteiger partial charge < -0.3 is 10.2 Å². The summed E-state index contributed by atoms with van der Waals surface area (Å²) >= 11 is 1.40. The van der Waals surface area contributed by atoms with Crippen LogP contribution in [0.5, 0.6) is 0 Å². The highest BCUT2D eigenvalue weighted by Crippen LogP contribution is 2.20. The number of hydrogen-bond acceptors (Lipinski definition) is 4. The Balaban J connectivity index is 1.92. The fourth-order valence-corrected chi connectivity index (χ4v) is 2.67. The van der Waals surface area contributed by atoms with E-state index >= 15 is 0 Å². The molecule has 1 aromatic heterocycles. The van der Waals surface area contributed by atoms with Crippen LogP contribution in [0.25, 0.3) is 0 Å². The Morgan fingerprint density at radius 2 is 2.44 bits per heavy atom. The number of rotatable bonds is 3. The summed E-state index contributed by atoms with van der Waals surface area (Å²) in [6, 6.07) is 0. The number of amides is 2. The smallest absolute Gasteiger partial charge is 0.231 e. The second-order valence-electron chi connectivity index (χ2n) is 4.36. The molecule has 1 aromatic rings. The third-order valence-electron chi connectivity index (χ3n) is 3.11. The van der Waals surface area contributed by atoms with Gasteiger partial charge in [-0.3, -0.25) is 9.59 Å². The average molecular weight is 267 g/mol. The molecule has 0 aromatic carbocycles. The second kappa shape index (κ2) is 5.95. The molecule has 0 radical (unpaired) electrons. The van der Waals surface area contributed by atoms with E-state index in [1.54, 1.807) is 11.1 Å². The van der Waals surface area contributed by atoms with Gasteiger partial charge in [0.15, 0.2) is 5.13 Å². The zero-order valence-corrected chi connectivity index (χ0v) is 11.2. The van der Waals surface area contributed by atoms with E-state index in [4.69, 9.17) is 0 Å². The Hall–Kier alpha value is -1.43. The van der Waals surface area contributed by atoms with Gasteiger partial charge in [0, 0.05) is 31.1 Å². The van der Waals surface area contributed by atoms with E-state index in [0.29, 0.717) is 18.1 Å². The molecule has 98 valence electrons. The Morgan fingerprint density at radius 3 is 3.11 bits per heavy atom. The molecule has 1 atom stereocenters. The van der Waals surface area contributed by atoms with Crippen molar-refractivity contribution in [2.24, 2.45) is 5.92 Å². The largest absolute Gasteiger partial charge is 0.342 e. The summed E-state index contributed by atoms with van der Waals surface area (Å²) in [5.74, 6) is -0.0153. The molecular formula is C12H17N3O2S. The molecule has 1 N–H and O–H groups in total. The van der Waals surface area contributed by atoms with Crippen molar-refractivity contribution in [3.63, 3.8) is 0 Å². The monoisotopic (exact) mass is 267 g/mol. The number of piperidine rings is 1. The summed E-state index contributed by atoms with van der Waals surface area (Å²) in [7, 11) is 0. The number of aromatic nitrogens is 1. The van der Waals surface area contributed by atoms with Gasteiger partial charge in [-0.05, 0) is 12.8 Å². The van der Waals surface area contributed by atoms with E-state index < -0.39 is 0 Å². The second-order valence-corrected chi connectivity index (χ2v) is 5.25. The number of nitrogens with one attached hydrogen (secondary N) is 1. The third kappa shape index (κ3) is 3.07. The first kappa shape index (κ1) is 13.0. The molecule has 0 saturated carbocycles. The molecule has 1 saturated heterocycles. The van der Waals surface area contributed by atoms with Crippen molar-refractivity contribution in [1.82, 2.24) is 9.88 Å². The van der Waals surface area contributed by atoms with E-state index in [2.05, 4.69) is 10.3 Å². The molecule has 2 rings (SSSR count). The van der Waals surface area contributed by atoms with Gasteiger partial charge in [0.05, 0.1) is 5.92 Å². The zero-order valence-electron chi connectivity index (χ0n) is 10.4. The number of nitrogens with zero attached hydrogens (tertiary/aromatic N) is 2. The maximum atomic E-state index is 12.0. The molecule has 5 nitrogen and oxygen atoms in total. The number of hydrogen-bond donors (Lipinski definition) is 1. The topological polar surface area (TPSA) is 62.3 Å². The number of likely N-dealkylation sites (tertiary alicyclic amines) is 1. The standard InChI is InChI=1S/C12H17N3O2S/c1-2-10(16)15-6-3-4-9(8-15)11(17)14-12-13-5-7-18-12/h5,7,9H,2-4,6,8H2,1H3,(H,13,14,17). The van der Waals surface area contributed by atoms with Gasteiger partial charge in [-0.2, -0.15) is 0 Å². The van der Waals surface area contributed by atoms with Crippen molar-refractivity contribution in [3.05, 3.63) is 11.6 Å².